The molecule has 1 heterocycles. The summed E-state index contributed by atoms with van der Waals surface area (Å²) < 4.78 is 38.6. The molecular formula is C24H22F2N2O4. The Morgan fingerprint density at radius 2 is 1.78 bits per heavy atom. The second-order valence-electron chi connectivity index (χ2n) is 6.81. The van der Waals surface area contributed by atoms with Crippen molar-refractivity contribution in [1.82, 2.24) is 10.3 Å². The van der Waals surface area contributed by atoms with E-state index in [0.717, 1.165) is 17.7 Å². The van der Waals surface area contributed by atoms with Gasteiger partial charge in [0.2, 0.25) is 0 Å². The molecule has 0 saturated carbocycles. The van der Waals surface area contributed by atoms with Crippen LogP contribution < -0.4 is 10.1 Å². The number of hydrogen-bond acceptors (Lipinski definition) is 5. The number of hydrogen-bond donors (Lipinski definition) is 1. The molecule has 1 N–H and O–H groups in total. The number of aromatic nitrogens is 1. The molecule has 3 rings (SSSR count). The maximum atomic E-state index is 14.2. The maximum absolute atomic E-state index is 14.2. The van der Waals surface area contributed by atoms with Gasteiger partial charge in [-0.25, -0.2) is 8.78 Å². The molecule has 6 nitrogen and oxygen atoms in total. The Balaban J connectivity index is 1.75. The van der Waals surface area contributed by atoms with Crippen LogP contribution in [0, 0.1) is 11.6 Å². The van der Waals surface area contributed by atoms with Gasteiger partial charge in [-0.15, -0.1) is 0 Å². The highest BCUT2D eigenvalue weighted by molar-refractivity contribution is 5.94. The van der Waals surface area contributed by atoms with Gasteiger partial charge in [-0.05, 0) is 43.3 Å². The highest BCUT2D eigenvalue weighted by Gasteiger charge is 2.29. The van der Waals surface area contributed by atoms with Crippen molar-refractivity contribution in [3.8, 4) is 17.0 Å². The molecule has 2 aromatic carbocycles. The van der Waals surface area contributed by atoms with Crippen molar-refractivity contribution in [1.29, 1.82) is 0 Å². The largest absolute Gasteiger partial charge is 0.497 e. The van der Waals surface area contributed by atoms with Gasteiger partial charge in [0.25, 0.3) is 5.91 Å². The van der Waals surface area contributed by atoms with Crippen LogP contribution in [-0.4, -0.2) is 37.1 Å². The lowest BCUT2D eigenvalue weighted by atomic mass is 9.97. The summed E-state index contributed by atoms with van der Waals surface area (Å²) in [5.74, 6) is -3.80. The fourth-order valence-corrected chi connectivity index (χ4v) is 3.17. The summed E-state index contributed by atoms with van der Waals surface area (Å²) in [7, 11) is 1.57. The van der Waals surface area contributed by atoms with E-state index < -0.39 is 35.0 Å². The number of pyridine rings is 1. The zero-order valence-corrected chi connectivity index (χ0v) is 17.6. The first-order valence-electron chi connectivity index (χ1n) is 9.93. The molecule has 1 unspecified atom stereocenters. The number of nitrogens with one attached hydrogen (secondary N) is 1. The van der Waals surface area contributed by atoms with Crippen molar-refractivity contribution in [2.45, 2.75) is 12.8 Å². The number of halogens is 2. The lowest BCUT2D eigenvalue weighted by molar-refractivity contribution is -0.144. The van der Waals surface area contributed by atoms with Crippen LogP contribution >= 0.6 is 0 Å². The molecule has 0 radical (unpaired) electrons. The maximum Gasteiger partial charge on any atom is 0.315 e. The monoisotopic (exact) mass is 440 g/mol. The van der Waals surface area contributed by atoms with E-state index in [4.69, 9.17) is 9.47 Å². The molecule has 0 saturated heterocycles. The number of methoxy groups -OCH3 is 1. The zero-order valence-electron chi connectivity index (χ0n) is 17.6. The van der Waals surface area contributed by atoms with Crippen LogP contribution in [0.5, 0.6) is 5.75 Å². The highest BCUT2D eigenvalue weighted by atomic mass is 19.1. The Labute approximate surface area is 184 Å². The Kier molecular flexibility index (Phi) is 7.49. The lowest BCUT2D eigenvalue weighted by Crippen LogP contribution is -2.33. The number of esters is 1. The van der Waals surface area contributed by atoms with E-state index in [0.29, 0.717) is 11.4 Å². The molecule has 32 heavy (non-hydrogen) atoms. The normalized spacial score (nSPS) is 11.5. The van der Waals surface area contributed by atoms with Crippen molar-refractivity contribution in [2.75, 3.05) is 20.3 Å². The molecule has 0 fully saturated rings. The van der Waals surface area contributed by atoms with Gasteiger partial charge in [0.05, 0.1) is 25.0 Å². The van der Waals surface area contributed by atoms with Gasteiger partial charge in [0, 0.05) is 23.9 Å². The van der Waals surface area contributed by atoms with Crippen molar-refractivity contribution in [2.24, 2.45) is 0 Å². The third-order valence-electron chi connectivity index (χ3n) is 4.78. The van der Waals surface area contributed by atoms with E-state index in [1.54, 1.807) is 26.2 Å². The minimum atomic E-state index is -1.33. The van der Waals surface area contributed by atoms with Crippen LogP contribution in [0.2, 0.25) is 0 Å². The van der Waals surface area contributed by atoms with Crippen LogP contribution in [0.4, 0.5) is 8.78 Å². The number of benzene rings is 2. The second kappa shape index (κ2) is 10.5. The summed E-state index contributed by atoms with van der Waals surface area (Å²) in [6.45, 7) is 1.28. The molecule has 8 heteroatoms. The Hall–Kier alpha value is -3.81. The molecule has 0 aliphatic rings. The molecule has 0 spiro atoms. The third kappa shape index (κ3) is 5.26. The molecule has 1 amide bonds. The van der Waals surface area contributed by atoms with E-state index in [2.05, 4.69) is 10.3 Å². The zero-order chi connectivity index (χ0) is 23.1. The number of ether oxygens (including phenoxy) is 2. The van der Waals surface area contributed by atoms with Crippen molar-refractivity contribution in [3.05, 3.63) is 83.6 Å². The quantitative estimate of drug-likeness (QED) is 0.534. The molecule has 0 bridgehead atoms. The van der Waals surface area contributed by atoms with E-state index in [-0.39, 0.29) is 18.7 Å². The Morgan fingerprint density at radius 3 is 2.41 bits per heavy atom. The molecular weight excluding hydrogens is 418 g/mol. The van der Waals surface area contributed by atoms with E-state index in [9.17, 15) is 18.4 Å². The topological polar surface area (TPSA) is 77.5 Å². The summed E-state index contributed by atoms with van der Waals surface area (Å²) in [6, 6.07) is 13.8. The second-order valence-corrected chi connectivity index (χ2v) is 6.81. The van der Waals surface area contributed by atoms with Crippen LogP contribution in [0.3, 0.4) is 0 Å². The fraction of sp³-hybridized carbons (Fsp3) is 0.208. The van der Waals surface area contributed by atoms with Crippen molar-refractivity contribution >= 4 is 11.9 Å². The Bertz CT molecular complexity index is 1080. The first-order chi connectivity index (χ1) is 15.4. The van der Waals surface area contributed by atoms with Gasteiger partial charge < -0.3 is 14.8 Å². The number of amides is 1. The predicted octanol–water partition coefficient (Wildman–Crippen LogP) is 4.11. The average molecular weight is 440 g/mol. The fourth-order valence-electron chi connectivity index (χ4n) is 3.17. The lowest BCUT2D eigenvalue weighted by Gasteiger charge is -2.18. The summed E-state index contributed by atoms with van der Waals surface area (Å²) in [5, 5.41) is 2.54. The number of carbonyl (C=O) groups excluding carboxylic acids is 2. The Morgan fingerprint density at radius 1 is 1.06 bits per heavy atom. The van der Waals surface area contributed by atoms with Crippen LogP contribution in [0.1, 0.15) is 28.8 Å². The van der Waals surface area contributed by atoms with Gasteiger partial charge in [-0.2, -0.15) is 0 Å². The molecule has 166 valence electrons. The van der Waals surface area contributed by atoms with E-state index in [1.807, 2.05) is 24.3 Å². The standard InChI is InChI=1S/C24H22F2N2O4/c1-3-32-24(30)18(22-19(25)8-5-9-20(22)26)14-28-23(29)16-10-11-21(27-13-16)15-6-4-7-17(12-15)31-2/h4-13,18H,3,14H2,1-2H3,(H,28,29). The van der Waals surface area contributed by atoms with Gasteiger partial charge >= 0.3 is 5.97 Å². The smallest absolute Gasteiger partial charge is 0.315 e. The van der Waals surface area contributed by atoms with Gasteiger partial charge in [0.15, 0.2) is 0 Å². The van der Waals surface area contributed by atoms with Crippen LogP contribution in [-0.2, 0) is 9.53 Å². The first kappa shape index (κ1) is 22.9. The van der Waals surface area contributed by atoms with E-state index >= 15 is 0 Å². The van der Waals surface area contributed by atoms with Gasteiger partial charge in [-0.3, -0.25) is 14.6 Å². The number of nitrogens with zero attached hydrogens (tertiary/aromatic N) is 1. The predicted molar refractivity (Wildman–Crippen MR) is 114 cm³/mol. The van der Waals surface area contributed by atoms with Crippen molar-refractivity contribution < 1.29 is 27.8 Å². The SMILES string of the molecule is CCOC(=O)C(CNC(=O)c1ccc(-c2cccc(OC)c2)nc1)c1c(F)cccc1F. The highest BCUT2D eigenvalue weighted by Crippen LogP contribution is 2.24. The first-order valence-corrected chi connectivity index (χ1v) is 9.93. The van der Waals surface area contributed by atoms with Gasteiger partial charge in [0.1, 0.15) is 23.3 Å². The summed E-state index contributed by atoms with van der Waals surface area (Å²) in [5.41, 5.74) is 1.23. The molecule has 1 atom stereocenters. The summed E-state index contributed by atoms with van der Waals surface area (Å²) in [4.78, 5) is 29.2. The molecule has 3 aromatic rings. The molecule has 1 aromatic heterocycles. The van der Waals surface area contributed by atoms with E-state index in [1.165, 1.54) is 12.3 Å². The average Bonchev–Trinajstić information content (AvgIpc) is 2.81. The minimum Gasteiger partial charge on any atom is -0.497 e. The van der Waals surface area contributed by atoms with Crippen LogP contribution in [0.15, 0.2) is 60.8 Å². The summed E-state index contributed by atoms with van der Waals surface area (Å²) >= 11 is 0. The molecule has 0 aliphatic carbocycles. The van der Waals surface area contributed by atoms with Crippen LogP contribution in [0.25, 0.3) is 11.3 Å². The van der Waals surface area contributed by atoms with Gasteiger partial charge in [-0.1, -0.05) is 18.2 Å². The van der Waals surface area contributed by atoms with Crippen molar-refractivity contribution in [3.63, 3.8) is 0 Å². The third-order valence-corrected chi connectivity index (χ3v) is 4.78. The molecule has 0 aliphatic heterocycles. The minimum absolute atomic E-state index is 0.0367. The summed E-state index contributed by atoms with van der Waals surface area (Å²) in [6.07, 6.45) is 1.38. The number of rotatable bonds is 8. The number of carbonyl (C=O) groups is 2.